The van der Waals surface area contributed by atoms with Crippen molar-refractivity contribution < 1.29 is 24.2 Å². The molecular weight excluding hydrogens is 382 g/mol. The molecule has 1 aliphatic heterocycles. The highest BCUT2D eigenvalue weighted by Crippen LogP contribution is 2.76. The minimum Gasteiger partial charge on any atom is -0.458 e. The van der Waals surface area contributed by atoms with E-state index in [1.54, 1.807) is 0 Å². The summed E-state index contributed by atoms with van der Waals surface area (Å²) in [6, 6.07) is 2.47. The molecule has 6 unspecified atom stereocenters. The first-order valence-electron chi connectivity index (χ1n) is 11.5. The van der Waals surface area contributed by atoms with Crippen LogP contribution >= 0.6 is 0 Å². The van der Waals surface area contributed by atoms with Crippen LogP contribution in [0.15, 0.2) is 0 Å². The molecule has 2 bridgehead atoms. The molecular formula is C24H29NO5. The number of rotatable bonds is 0. The fraction of sp³-hybridized carbons (Fsp3) is 0.833. The molecule has 30 heavy (non-hydrogen) atoms. The largest absolute Gasteiger partial charge is 0.458 e. The Balaban J connectivity index is 1.52. The fourth-order valence-corrected chi connectivity index (χ4v) is 9.73. The van der Waals surface area contributed by atoms with E-state index in [-0.39, 0.29) is 46.6 Å². The fourth-order valence-electron chi connectivity index (χ4n) is 9.73. The zero-order valence-corrected chi connectivity index (χ0v) is 17.6. The van der Waals surface area contributed by atoms with Gasteiger partial charge in [0.2, 0.25) is 0 Å². The summed E-state index contributed by atoms with van der Waals surface area (Å²) in [6.45, 7) is 4.21. The highest BCUT2D eigenvalue weighted by atomic mass is 16.6. The number of fused-ring (bicyclic) bond motifs is 7. The van der Waals surface area contributed by atoms with Gasteiger partial charge < -0.3 is 9.84 Å². The van der Waals surface area contributed by atoms with Crippen molar-refractivity contribution in [3.63, 3.8) is 0 Å². The zero-order valence-electron chi connectivity index (χ0n) is 17.6. The van der Waals surface area contributed by atoms with E-state index in [0.717, 1.165) is 12.8 Å². The van der Waals surface area contributed by atoms with Crippen LogP contribution < -0.4 is 0 Å². The van der Waals surface area contributed by atoms with Gasteiger partial charge in [-0.1, -0.05) is 13.8 Å². The van der Waals surface area contributed by atoms with Gasteiger partial charge in [0.1, 0.15) is 17.2 Å². The number of hydrogen-bond donors (Lipinski definition) is 1. The highest BCUT2D eigenvalue weighted by Gasteiger charge is 2.79. The summed E-state index contributed by atoms with van der Waals surface area (Å²) in [5.41, 5.74) is -2.44. The average molecular weight is 411 g/mol. The number of carbonyl (C=O) groups is 3. The van der Waals surface area contributed by atoms with Crippen LogP contribution in [0, 0.1) is 57.2 Å². The summed E-state index contributed by atoms with van der Waals surface area (Å²) >= 11 is 0. The number of aliphatic hydroxyl groups excluding tert-OH is 1. The van der Waals surface area contributed by atoms with Gasteiger partial charge in [0.15, 0.2) is 0 Å². The van der Waals surface area contributed by atoms with Crippen molar-refractivity contribution in [2.45, 2.75) is 76.9 Å². The Hall–Kier alpha value is -1.74. The third kappa shape index (κ3) is 1.74. The van der Waals surface area contributed by atoms with E-state index in [0.29, 0.717) is 38.5 Å². The number of aliphatic hydroxyl groups is 1. The lowest BCUT2D eigenvalue weighted by molar-refractivity contribution is -0.213. The summed E-state index contributed by atoms with van der Waals surface area (Å²) < 4.78 is 5.94. The van der Waals surface area contributed by atoms with Crippen LogP contribution in [-0.2, 0) is 19.1 Å². The molecule has 6 rings (SSSR count). The summed E-state index contributed by atoms with van der Waals surface area (Å²) in [4.78, 5) is 38.5. The molecule has 1 saturated heterocycles. The van der Waals surface area contributed by atoms with Crippen molar-refractivity contribution >= 4 is 17.5 Å². The third-order valence-corrected chi connectivity index (χ3v) is 11.0. The maximum absolute atomic E-state index is 13.6. The molecule has 0 aromatic heterocycles. The second kappa shape index (κ2) is 5.35. The highest BCUT2D eigenvalue weighted by molar-refractivity contribution is 6.07. The molecule has 1 spiro atoms. The molecule has 160 valence electrons. The van der Waals surface area contributed by atoms with Crippen molar-refractivity contribution in [3.05, 3.63) is 0 Å². The van der Waals surface area contributed by atoms with Crippen LogP contribution in [0.5, 0.6) is 0 Å². The van der Waals surface area contributed by atoms with Crippen molar-refractivity contribution in [1.29, 1.82) is 5.26 Å². The molecule has 6 nitrogen and oxygen atoms in total. The maximum Gasteiger partial charge on any atom is 0.306 e. The van der Waals surface area contributed by atoms with E-state index in [9.17, 15) is 24.8 Å². The normalized spacial score (nSPS) is 58.4. The van der Waals surface area contributed by atoms with Crippen LogP contribution in [-0.4, -0.2) is 34.3 Å². The topological polar surface area (TPSA) is 104 Å². The van der Waals surface area contributed by atoms with Gasteiger partial charge in [-0.05, 0) is 61.7 Å². The Kier molecular flexibility index (Phi) is 3.39. The summed E-state index contributed by atoms with van der Waals surface area (Å²) in [5, 5.41) is 21.9. The second-order valence-electron chi connectivity index (χ2n) is 11.5. The predicted molar refractivity (Wildman–Crippen MR) is 103 cm³/mol. The zero-order chi connectivity index (χ0) is 21.3. The number of ketones is 2. The van der Waals surface area contributed by atoms with Crippen LogP contribution in [0.25, 0.3) is 0 Å². The van der Waals surface area contributed by atoms with Gasteiger partial charge in [-0.25, -0.2) is 0 Å². The van der Waals surface area contributed by atoms with E-state index >= 15 is 0 Å². The standard InChI is InChI=1S/C24H29NO5/c1-21-6-4-14(26)19-20(29)12(9-23(19,21)11-25)17-13-3-7-24(8-5-16(28)30-24)22(13,2)10-15(27)18(17)21/h12-13,15,17-19,27H,3-10H2,1-2H3/t12-,13?,15-,17?,18?,19?,21?,22?,23+,24-/m1/s1. The van der Waals surface area contributed by atoms with E-state index in [1.807, 2.05) is 0 Å². The minimum absolute atomic E-state index is 0.0488. The molecule has 0 amide bonds. The molecule has 6 aliphatic rings. The molecule has 5 aliphatic carbocycles. The van der Waals surface area contributed by atoms with Gasteiger partial charge in [0.05, 0.1) is 23.5 Å². The van der Waals surface area contributed by atoms with E-state index in [2.05, 4.69) is 19.9 Å². The number of esters is 1. The quantitative estimate of drug-likeness (QED) is 0.485. The number of Topliss-reactive ketones (excluding diaryl/α,β-unsaturated/α-hetero) is 2. The summed E-state index contributed by atoms with van der Waals surface area (Å²) in [6.07, 6.45) is 3.95. The number of nitriles is 1. The predicted octanol–water partition coefficient (Wildman–Crippen LogP) is 2.57. The SMILES string of the molecule is CC12C[C@@H](O)C3C(C1CC[C@@]21CCC(=O)O1)[C@H]1C[C@]2(C#N)C(C(=O)CCC32C)C1=O. The molecule has 1 N–H and O–H groups in total. The third-order valence-electron chi connectivity index (χ3n) is 11.0. The number of hydrogen-bond acceptors (Lipinski definition) is 6. The van der Waals surface area contributed by atoms with Crippen molar-refractivity contribution in [2.75, 3.05) is 0 Å². The van der Waals surface area contributed by atoms with Crippen LogP contribution in [0.1, 0.15) is 65.2 Å². The lowest BCUT2D eigenvalue weighted by Gasteiger charge is -2.64. The Morgan fingerprint density at radius 3 is 2.50 bits per heavy atom. The maximum atomic E-state index is 13.6. The van der Waals surface area contributed by atoms with E-state index < -0.39 is 28.5 Å². The molecule has 5 saturated carbocycles. The van der Waals surface area contributed by atoms with Crippen LogP contribution in [0.4, 0.5) is 0 Å². The van der Waals surface area contributed by atoms with Gasteiger partial charge in [-0.2, -0.15) is 5.26 Å². The van der Waals surface area contributed by atoms with Gasteiger partial charge in [0.25, 0.3) is 0 Å². The van der Waals surface area contributed by atoms with Gasteiger partial charge in [-0.15, -0.1) is 0 Å². The second-order valence-corrected chi connectivity index (χ2v) is 11.5. The van der Waals surface area contributed by atoms with Crippen LogP contribution in [0.2, 0.25) is 0 Å². The molecule has 0 aromatic carbocycles. The van der Waals surface area contributed by atoms with Gasteiger partial charge in [-0.3, -0.25) is 14.4 Å². The van der Waals surface area contributed by atoms with Gasteiger partial charge in [0, 0.05) is 24.2 Å². The first kappa shape index (κ1) is 19.0. The Bertz CT molecular complexity index is 938. The first-order chi connectivity index (χ1) is 14.1. The van der Waals surface area contributed by atoms with E-state index in [4.69, 9.17) is 4.74 Å². The lowest BCUT2D eigenvalue weighted by Crippen LogP contribution is -2.65. The Morgan fingerprint density at radius 1 is 1.07 bits per heavy atom. The average Bonchev–Trinajstić information content (AvgIpc) is 3.31. The van der Waals surface area contributed by atoms with Crippen molar-refractivity contribution in [3.8, 4) is 6.07 Å². The summed E-state index contributed by atoms with van der Waals surface area (Å²) in [5.74, 6) is -1.52. The molecule has 0 radical (unpaired) electrons. The number of ether oxygens (including phenoxy) is 1. The van der Waals surface area contributed by atoms with Crippen molar-refractivity contribution in [2.24, 2.45) is 45.8 Å². The molecule has 6 heteroatoms. The van der Waals surface area contributed by atoms with Crippen LogP contribution in [0.3, 0.4) is 0 Å². The molecule has 10 atom stereocenters. The molecule has 1 heterocycles. The Morgan fingerprint density at radius 2 is 1.83 bits per heavy atom. The molecule has 6 fully saturated rings. The van der Waals surface area contributed by atoms with E-state index in [1.165, 1.54) is 0 Å². The lowest BCUT2D eigenvalue weighted by atomic mass is 9.39. The number of nitrogens with zero attached hydrogens (tertiary/aromatic N) is 1. The smallest absolute Gasteiger partial charge is 0.306 e. The van der Waals surface area contributed by atoms with Gasteiger partial charge >= 0.3 is 5.97 Å². The monoisotopic (exact) mass is 411 g/mol. The number of carbonyl (C=O) groups excluding carboxylic acids is 3. The minimum atomic E-state index is -0.976. The summed E-state index contributed by atoms with van der Waals surface area (Å²) in [7, 11) is 0. The molecule has 0 aromatic rings. The Labute approximate surface area is 176 Å². The van der Waals surface area contributed by atoms with Crippen molar-refractivity contribution in [1.82, 2.24) is 0 Å². The first-order valence-corrected chi connectivity index (χ1v) is 11.5.